The molecule has 0 radical (unpaired) electrons. The SMILES string of the molecule is C[C@H]1C[C@H](C)CN(C(=O)COC(=O)C[C@H](NC(N)=O)c2ccc(Cl)cc2)C1. The maximum absolute atomic E-state index is 12.3. The number of urea groups is 1. The molecule has 3 amide bonds. The molecule has 1 aromatic rings. The number of ether oxygens (including phenoxy) is 1. The number of nitrogens with one attached hydrogen (secondary N) is 1. The van der Waals surface area contributed by atoms with E-state index in [-0.39, 0.29) is 18.9 Å². The number of halogens is 1. The first-order valence-electron chi connectivity index (χ1n) is 8.99. The van der Waals surface area contributed by atoms with Crippen LogP contribution in [0, 0.1) is 11.8 Å². The molecule has 0 spiro atoms. The zero-order valence-electron chi connectivity index (χ0n) is 15.6. The molecule has 0 unspecified atom stereocenters. The van der Waals surface area contributed by atoms with Crippen LogP contribution in [0.4, 0.5) is 4.79 Å². The lowest BCUT2D eigenvalue weighted by Gasteiger charge is -2.34. The molecule has 0 aliphatic carbocycles. The summed E-state index contributed by atoms with van der Waals surface area (Å²) in [4.78, 5) is 37.5. The molecule has 148 valence electrons. The number of carbonyl (C=O) groups excluding carboxylic acids is 3. The maximum Gasteiger partial charge on any atom is 0.312 e. The van der Waals surface area contributed by atoms with Gasteiger partial charge in [0.1, 0.15) is 0 Å². The summed E-state index contributed by atoms with van der Waals surface area (Å²) in [5.41, 5.74) is 5.86. The van der Waals surface area contributed by atoms with Crippen molar-refractivity contribution in [3.63, 3.8) is 0 Å². The Balaban J connectivity index is 1.90. The van der Waals surface area contributed by atoms with Gasteiger partial charge >= 0.3 is 12.0 Å². The van der Waals surface area contributed by atoms with Gasteiger partial charge in [-0.05, 0) is 36.0 Å². The summed E-state index contributed by atoms with van der Waals surface area (Å²) in [6.45, 7) is 5.26. The number of hydrogen-bond acceptors (Lipinski definition) is 4. The molecule has 1 aliphatic rings. The lowest BCUT2D eigenvalue weighted by Crippen LogP contribution is -2.44. The van der Waals surface area contributed by atoms with Crippen molar-refractivity contribution in [1.29, 1.82) is 0 Å². The molecule has 0 bridgehead atoms. The largest absolute Gasteiger partial charge is 0.455 e. The molecule has 1 aromatic carbocycles. The van der Waals surface area contributed by atoms with E-state index < -0.39 is 18.0 Å². The third-order valence-electron chi connectivity index (χ3n) is 4.54. The molecule has 1 aliphatic heterocycles. The molecule has 8 heteroatoms. The Hall–Kier alpha value is -2.28. The normalized spacial score (nSPS) is 20.6. The molecule has 1 fully saturated rings. The molecular weight excluding hydrogens is 370 g/mol. The molecule has 27 heavy (non-hydrogen) atoms. The number of nitrogens with two attached hydrogens (primary N) is 1. The van der Waals surface area contributed by atoms with Gasteiger partial charge in [0.25, 0.3) is 5.91 Å². The summed E-state index contributed by atoms with van der Waals surface area (Å²) in [5, 5.41) is 3.05. The molecule has 1 heterocycles. The lowest BCUT2D eigenvalue weighted by molar-refractivity contribution is -0.153. The third kappa shape index (κ3) is 6.75. The summed E-state index contributed by atoms with van der Waals surface area (Å²) in [5.74, 6) is 0.0766. The van der Waals surface area contributed by atoms with E-state index in [0.717, 1.165) is 6.42 Å². The van der Waals surface area contributed by atoms with E-state index in [2.05, 4.69) is 19.2 Å². The second kappa shape index (κ2) is 9.60. The van der Waals surface area contributed by atoms with Crippen LogP contribution in [-0.2, 0) is 14.3 Å². The molecule has 3 atom stereocenters. The van der Waals surface area contributed by atoms with E-state index in [1.807, 2.05) is 0 Å². The van der Waals surface area contributed by atoms with Crippen molar-refractivity contribution in [2.75, 3.05) is 19.7 Å². The van der Waals surface area contributed by atoms with Crippen molar-refractivity contribution in [1.82, 2.24) is 10.2 Å². The number of esters is 1. The molecule has 0 saturated carbocycles. The Labute approximate surface area is 164 Å². The van der Waals surface area contributed by atoms with Crippen LogP contribution in [0.3, 0.4) is 0 Å². The molecular formula is C19H26ClN3O4. The van der Waals surface area contributed by atoms with E-state index >= 15 is 0 Å². The number of hydrogen-bond donors (Lipinski definition) is 2. The van der Waals surface area contributed by atoms with Gasteiger partial charge in [0.15, 0.2) is 6.61 Å². The Morgan fingerprint density at radius 2 is 1.81 bits per heavy atom. The molecule has 0 aromatic heterocycles. The van der Waals surface area contributed by atoms with Gasteiger partial charge in [0.05, 0.1) is 12.5 Å². The van der Waals surface area contributed by atoms with Crippen LogP contribution in [-0.4, -0.2) is 42.5 Å². The first-order valence-corrected chi connectivity index (χ1v) is 9.37. The van der Waals surface area contributed by atoms with Crippen molar-refractivity contribution >= 4 is 29.5 Å². The van der Waals surface area contributed by atoms with Gasteiger partial charge in [-0.15, -0.1) is 0 Å². The highest BCUT2D eigenvalue weighted by molar-refractivity contribution is 6.30. The van der Waals surface area contributed by atoms with Crippen LogP contribution in [0.15, 0.2) is 24.3 Å². The number of carbonyl (C=O) groups is 3. The Bertz CT molecular complexity index is 670. The molecule has 1 saturated heterocycles. The van der Waals surface area contributed by atoms with E-state index in [0.29, 0.717) is 35.5 Å². The number of nitrogens with zero attached hydrogens (tertiary/aromatic N) is 1. The minimum atomic E-state index is -0.755. The Kier molecular flexibility index (Phi) is 7.47. The van der Waals surface area contributed by atoms with Crippen LogP contribution >= 0.6 is 11.6 Å². The van der Waals surface area contributed by atoms with Crippen LogP contribution in [0.1, 0.15) is 38.3 Å². The number of primary amides is 1. The fraction of sp³-hybridized carbons (Fsp3) is 0.526. The maximum atomic E-state index is 12.3. The van der Waals surface area contributed by atoms with Crippen LogP contribution in [0.2, 0.25) is 5.02 Å². The zero-order valence-corrected chi connectivity index (χ0v) is 16.4. The van der Waals surface area contributed by atoms with Gasteiger partial charge < -0.3 is 20.7 Å². The van der Waals surface area contributed by atoms with E-state index in [1.54, 1.807) is 29.2 Å². The average molecular weight is 396 g/mol. The van der Waals surface area contributed by atoms with Gasteiger partial charge in [0.2, 0.25) is 0 Å². The summed E-state index contributed by atoms with van der Waals surface area (Å²) in [6, 6.07) is 5.28. The van der Waals surface area contributed by atoms with Crippen molar-refractivity contribution in [2.45, 2.75) is 32.7 Å². The monoisotopic (exact) mass is 395 g/mol. The number of benzene rings is 1. The predicted molar refractivity (Wildman–Crippen MR) is 102 cm³/mol. The van der Waals surface area contributed by atoms with Gasteiger partial charge in [-0.2, -0.15) is 0 Å². The van der Waals surface area contributed by atoms with Gasteiger partial charge in [0, 0.05) is 18.1 Å². The highest BCUT2D eigenvalue weighted by atomic mass is 35.5. The quantitative estimate of drug-likeness (QED) is 0.722. The summed E-state index contributed by atoms with van der Waals surface area (Å²) < 4.78 is 5.14. The van der Waals surface area contributed by atoms with E-state index in [1.165, 1.54) is 0 Å². The minimum absolute atomic E-state index is 0.134. The molecule has 2 rings (SSSR count). The van der Waals surface area contributed by atoms with E-state index in [4.69, 9.17) is 22.1 Å². The standard InChI is InChI=1S/C19H26ClN3O4/c1-12-7-13(2)10-23(9-12)17(24)11-27-18(25)8-16(22-19(21)26)14-3-5-15(20)6-4-14/h3-6,12-13,16H,7-11H2,1-2H3,(H3,21,22,26)/t12-,13-,16-/m0/s1. The minimum Gasteiger partial charge on any atom is -0.455 e. The second-order valence-electron chi connectivity index (χ2n) is 7.22. The van der Waals surface area contributed by atoms with Crippen molar-refractivity contribution in [3.05, 3.63) is 34.9 Å². The topological polar surface area (TPSA) is 102 Å². The first-order chi connectivity index (χ1) is 12.7. The highest BCUT2D eigenvalue weighted by Crippen LogP contribution is 2.22. The summed E-state index contributed by atoms with van der Waals surface area (Å²) >= 11 is 5.86. The predicted octanol–water partition coefficient (Wildman–Crippen LogP) is 2.49. The van der Waals surface area contributed by atoms with Crippen LogP contribution < -0.4 is 11.1 Å². The number of rotatable bonds is 6. The smallest absolute Gasteiger partial charge is 0.312 e. The second-order valence-corrected chi connectivity index (χ2v) is 7.66. The van der Waals surface area contributed by atoms with Crippen molar-refractivity contribution in [2.24, 2.45) is 17.6 Å². The third-order valence-corrected chi connectivity index (χ3v) is 4.79. The Morgan fingerprint density at radius 3 is 2.37 bits per heavy atom. The Morgan fingerprint density at radius 1 is 1.22 bits per heavy atom. The van der Waals surface area contributed by atoms with Gasteiger partial charge in [-0.25, -0.2) is 4.79 Å². The van der Waals surface area contributed by atoms with Crippen LogP contribution in [0.5, 0.6) is 0 Å². The number of likely N-dealkylation sites (tertiary alicyclic amines) is 1. The summed E-state index contributed by atoms with van der Waals surface area (Å²) in [7, 11) is 0. The first kappa shape index (κ1) is 21.0. The summed E-state index contributed by atoms with van der Waals surface area (Å²) in [6.07, 6.45) is 0.954. The zero-order chi connectivity index (χ0) is 20.0. The van der Waals surface area contributed by atoms with Gasteiger partial charge in [-0.3, -0.25) is 9.59 Å². The van der Waals surface area contributed by atoms with Crippen molar-refractivity contribution in [3.8, 4) is 0 Å². The fourth-order valence-corrected chi connectivity index (χ4v) is 3.57. The number of piperidine rings is 1. The van der Waals surface area contributed by atoms with Gasteiger partial charge in [-0.1, -0.05) is 37.6 Å². The average Bonchev–Trinajstić information content (AvgIpc) is 2.58. The molecule has 3 N–H and O–H groups in total. The lowest BCUT2D eigenvalue weighted by atomic mass is 9.92. The number of amides is 3. The fourth-order valence-electron chi connectivity index (χ4n) is 3.44. The van der Waals surface area contributed by atoms with Crippen molar-refractivity contribution < 1.29 is 19.1 Å². The van der Waals surface area contributed by atoms with E-state index in [9.17, 15) is 14.4 Å². The van der Waals surface area contributed by atoms with Crippen LogP contribution in [0.25, 0.3) is 0 Å². The molecule has 7 nitrogen and oxygen atoms in total. The highest BCUT2D eigenvalue weighted by Gasteiger charge is 2.26.